The molecule has 86 valence electrons. The summed E-state index contributed by atoms with van der Waals surface area (Å²) in [6, 6.07) is 4.21. The van der Waals surface area contributed by atoms with Crippen molar-refractivity contribution >= 4 is 16.8 Å². The summed E-state index contributed by atoms with van der Waals surface area (Å²) in [5.41, 5.74) is 4.49. The zero-order valence-corrected chi connectivity index (χ0v) is 10.8. The van der Waals surface area contributed by atoms with E-state index in [0.717, 1.165) is 24.8 Å². The van der Waals surface area contributed by atoms with Gasteiger partial charge in [-0.3, -0.25) is 4.79 Å². The Morgan fingerprint density at radius 1 is 1.25 bits per heavy atom. The van der Waals surface area contributed by atoms with Crippen LogP contribution in [0.3, 0.4) is 0 Å². The zero-order valence-electron chi connectivity index (χ0n) is 10.1. The first kappa shape index (κ1) is 11.7. The summed E-state index contributed by atoms with van der Waals surface area (Å²) in [4.78, 5) is 11.4. The van der Waals surface area contributed by atoms with Crippen LogP contribution in [0.15, 0.2) is 12.1 Å². The first-order chi connectivity index (χ1) is 7.39. The Morgan fingerprint density at radius 3 is 2.50 bits per heavy atom. The van der Waals surface area contributed by atoms with Crippen molar-refractivity contribution in [3.8, 4) is 0 Å². The predicted octanol–water partition coefficient (Wildman–Crippen LogP) is 3.85. The van der Waals surface area contributed by atoms with Gasteiger partial charge in [0, 0.05) is 5.56 Å². The first-order valence-corrected chi connectivity index (χ1v) is 6.13. The predicted molar refractivity (Wildman–Crippen MR) is 67.4 cm³/mol. The molecule has 2 heteroatoms. The molecule has 1 aromatic carbocycles. The van der Waals surface area contributed by atoms with Crippen molar-refractivity contribution < 1.29 is 4.79 Å². The molecule has 1 aliphatic rings. The number of benzene rings is 1. The molecule has 0 fully saturated rings. The number of fused-ring (bicyclic) bond motifs is 1. The third-order valence-corrected chi connectivity index (χ3v) is 3.50. The SMILES string of the molecule is CC(C)(C)c1cc2c(c(C(=O)Cl)c1)CCC2. The van der Waals surface area contributed by atoms with Crippen molar-refractivity contribution in [2.75, 3.05) is 0 Å². The number of carbonyl (C=O) groups excluding carboxylic acids is 1. The quantitative estimate of drug-likeness (QED) is 0.677. The van der Waals surface area contributed by atoms with Crippen LogP contribution >= 0.6 is 11.6 Å². The summed E-state index contributed by atoms with van der Waals surface area (Å²) in [5, 5.41) is -0.316. The topological polar surface area (TPSA) is 17.1 Å². The fourth-order valence-corrected chi connectivity index (χ4v) is 2.48. The molecule has 0 unspecified atom stereocenters. The molecule has 1 aliphatic carbocycles. The van der Waals surface area contributed by atoms with Crippen LogP contribution in [0.25, 0.3) is 0 Å². The number of hydrogen-bond acceptors (Lipinski definition) is 1. The van der Waals surface area contributed by atoms with Gasteiger partial charge in [0.05, 0.1) is 0 Å². The molecule has 0 amide bonds. The summed E-state index contributed by atoms with van der Waals surface area (Å²) in [5.74, 6) is 0. The van der Waals surface area contributed by atoms with Crippen LogP contribution in [-0.2, 0) is 18.3 Å². The standard InChI is InChI=1S/C14H17ClO/c1-14(2,3)10-7-9-5-4-6-11(9)12(8-10)13(15)16/h7-8H,4-6H2,1-3H3. The Labute approximate surface area is 102 Å². The number of aryl methyl sites for hydroxylation is 1. The smallest absolute Gasteiger partial charge is 0.252 e. The van der Waals surface area contributed by atoms with E-state index in [1.165, 1.54) is 16.7 Å². The fraction of sp³-hybridized carbons (Fsp3) is 0.500. The summed E-state index contributed by atoms with van der Waals surface area (Å²) in [6.45, 7) is 6.48. The largest absolute Gasteiger partial charge is 0.276 e. The average Bonchev–Trinajstić information content (AvgIpc) is 2.61. The number of carbonyl (C=O) groups is 1. The molecule has 0 aliphatic heterocycles. The molecule has 0 saturated heterocycles. The van der Waals surface area contributed by atoms with Gasteiger partial charge in [0.1, 0.15) is 0 Å². The molecule has 0 spiro atoms. The Kier molecular flexibility index (Phi) is 2.83. The zero-order chi connectivity index (χ0) is 11.9. The molecule has 0 heterocycles. The van der Waals surface area contributed by atoms with Crippen molar-refractivity contribution in [1.82, 2.24) is 0 Å². The van der Waals surface area contributed by atoms with Crippen LogP contribution in [0.1, 0.15) is 54.2 Å². The minimum Gasteiger partial charge on any atom is -0.276 e. The molecule has 0 atom stereocenters. The monoisotopic (exact) mass is 236 g/mol. The molecule has 0 radical (unpaired) electrons. The van der Waals surface area contributed by atoms with Crippen molar-refractivity contribution in [3.63, 3.8) is 0 Å². The molecular weight excluding hydrogens is 220 g/mol. The minimum absolute atomic E-state index is 0.0682. The highest BCUT2D eigenvalue weighted by molar-refractivity contribution is 6.68. The van der Waals surface area contributed by atoms with E-state index in [0.29, 0.717) is 0 Å². The summed E-state index contributed by atoms with van der Waals surface area (Å²) < 4.78 is 0. The fourth-order valence-electron chi connectivity index (χ4n) is 2.31. The minimum atomic E-state index is -0.316. The van der Waals surface area contributed by atoms with E-state index in [1.807, 2.05) is 6.07 Å². The van der Waals surface area contributed by atoms with E-state index in [9.17, 15) is 4.79 Å². The maximum Gasteiger partial charge on any atom is 0.252 e. The summed E-state index contributed by atoms with van der Waals surface area (Å²) in [6.07, 6.45) is 3.21. The van der Waals surface area contributed by atoms with Gasteiger partial charge < -0.3 is 0 Å². The van der Waals surface area contributed by atoms with E-state index >= 15 is 0 Å². The Bertz CT molecular complexity index is 441. The summed E-state index contributed by atoms with van der Waals surface area (Å²) in [7, 11) is 0. The van der Waals surface area contributed by atoms with Crippen molar-refractivity contribution in [2.45, 2.75) is 45.4 Å². The summed E-state index contributed by atoms with van der Waals surface area (Å²) >= 11 is 5.67. The third kappa shape index (κ3) is 2.01. The van der Waals surface area contributed by atoms with Gasteiger partial charge in [-0.1, -0.05) is 26.8 Å². The van der Waals surface area contributed by atoms with Gasteiger partial charge in [-0.15, -0.1) is 0 Å². The molecule has 0 bridgehead atoms. The van der Waals surface area contributed by atoms with E-state index in [-0.39, 0.29) is 10.7 Å². The molecular formula is C14H17ClO. The second-order valence-corrected chi connectivity index (χ2v) is 5.88. The first-order valence-electron chi connectivity index (χ1n) is 5.75. The Balaban J connectivity index is 2.61. The van der Waals surface area contributed by atoms with Crippen LogP contribution in [0.2, 0.25) is 0 Å². The van der Waals surface area contributed by atoms with Gasteiger partial charge >= 0.3 is 0 Å². The lowest BCUT2D eigenvalue weighted by molar-refractivity contribution is 0.108. The highest BCUT2D eigenvalue weighted by Gasteiger charge is 2.23. The van der Waals surface area contributed by atoms with Crippen molar-refractivity contribution in [1.29, 1.82) is 0 Å². The lowest BCUT2D eigenvalue weighted by atomic mass is 9.84. The van der Waals surface area contributed by atoms with Crippen molar-refractivity contribution in [2.24, 2.45) is 0 Å². The second kappa shape index (κ2) is 3.89. The van der Waals surface area contributed by atoms with Crippen LogP contribution in [0, 0.1) is 0 Å². The molecule has 16 heavy (non-hydrogen) atoms. The third-order valence-electron chi connectivity index (χ3n) is 3.29. The van der Waals surface area contributed by atoms with Gasteiger partial charge in [0.25, 0.3) is 5.24 Å². The van der Waals surface area contributed by atoms with Crippen LogP contribution in [0.4, 0.5) is 0 Å². The molecule has 1 nitrogen and oxygen atoms in total. The molecule has 0 saturated carbocycles. The Hall–Kier alpha value is -0.820. The molecule has 0 aromatic heterocycles. The highest BCUT2D eigenvalue weighted by atomic mass is 35.5. The van der Waals surface area contributed by atoms with Crippen LogP contribution in [-0.4, -0.2) is 5.24 Å². The van der Waals surface area contributed by atoms with Crippen molar-refractivity contribution in [3.05, 3.63) is 34.4 Å². The van der Waals surface area contributed by atoms with E-state index in [4.69, 9.17) is 11.6 Å². The van der Waals surface area contributed by atoms with Gasteiger partial charge in [0.2, 0.25) is 0 Å². The van der Waals surface area contributed by atoms with E-state index < -0.39 is 0 Å². The maximum absolute atomic E-state index is 11.4. The van der Waals surface area contributed by atoms with Gasteiger partial charge in [0.15, 0.2) is 0 Å². The van der Waals surface area contributed by atoms with Gasteiger partial charge in [-0.05, 0) is 59.0 Å². The Morgan fingerprint density at radius 2 is 1.94 bits per heavy atom. The van der Waals surface area contributed by atoms with Gasteiger partial charge in [-0.25, -0.2) is 0 Å². The van der Waals surface area contributed by atoms with E-state index in [1.54, 1.807) is 0 Å². The lowest BCUT2D eigenvalue weighted by Gasteiger charge is -2.21. The molecule has 2 rings (SSSR count). The number of rotatable bonds is 1. The van der Waals surface area contributed by atoms with Crippen LogP contribution < -0.4 is 0 Å². The second-order valence-electron chi connectivity index (χ2n) is 5.54. The average molecular weight is 237 g/mol. The normalized spacial score (nSPS) is 15.0. The van der Waals surface area contributed by atoms with Crippen LogP contribution in [0.5, 0.6) is 0 Å². The number of hydrogen-bond donors (Lipinski definition) is 0. The van der Waals surface area contributed by atoms with E-state index in [2.05, 4.69) is 26.8 Å². The van der Waals surface area contributed by atoms with Gasteiger partial charge in [-0.2, -0.15) is 0 Å². The lowest BCUT2D eigenvalue weighted by Crippen LogP contribution is -2.13. The highest BCUT2D eigenvalue weighted by Crippen LogP contribution is 2.32. The maximum atomic E-state index is 11.4. The number of halogens is 1. The molecule has 1 aromatic rings. The molecule has 0 N–H and O–H groups in total.